The molecule has 7 heteroatoms. The van der Waals surface area contributed by atoms with E-state index in [1.54, 1.807) is 11.3 Å². The quantitative estimate of drug-likeness (QED) is 0.941. The van der Waals surface area contributed by atoms with Crippen LogP contribution in [-0.2, 0) is 0 Å². The highest BCUT2D eigenvalue weighted by Gasteiger charge is 2.25. The van der Waals surface area contributed by atoms with Crippen LogP contribution in [0.3, 0.4) is 0 Å². The molecule has 5 nitrogen and oxygen atoms in total. The largest absolute Gasteiger partial charge is 0.382 e. The van der Waals surface area contributed by atoms with E-state index >= 15 is 0 Å². The van der Waals surface area contributed by atoms with Crippen LogP contribution in [0.5, 0.6) is 0 Å². The smallest absolute Gasteiger partial charge is 0.149 e. The summed E-state index contributed by atoms with van der Waals surface area (Å²) < 4.78 is 4.36. The fourth-order valence-electron chi connectivity index (χ4n) is 2.62. The standard InChI is InChI=1S/C14H21N5S2/c1-9(2)18-4-6-19(7-5-18)14-11(12(15)17-21-14)13-16-10(3)8-20-13/h8-9H,4-7H2,1-3H3,(H2,15,17). The number of nitrogen functional groups attached to an aromatic ring is 1. The summed E-state index contributed by atoms with van der Waals surface area (Å²) in [6.07, 6.45) is 0. The maximum absolute atomic E-state index is 6.09. The molecular formula is C14H21N5S2. The number of nitrogens with zero attached hydrogens (tertiary/aromatic N) is 4. The Morgan fingerprint density at radius 3 is 2.52 bits per heavy atom. The first kappa shape index (κ1) is 14.7. The Balaban J connectivity index is 1.84. The van der Waals surface area contributed by atoms with E-state index in [0.29, 0.717) is 11.9 Å². The Bertz CT molecular complexity index is 611. The lowest BCUT2D eigenvalue weighted by Gasteiger charge is -2.37. The van der Waals surface area contributed by atoms with Crippen LogP contribution in [0.25, 0.3) is 10.6 Å². The molecule has 0 radical (unpaired) electrons. The monoisotopic (exact) mass is 323 g/mol. The third-order valence-corrected chi connectivity index (χ3v) is 5.77. The van der Waals surface area contributed by atoms with Crippen LogP contribution in [0, 0.1) is 6.92 Å². The van der Waals surface area contributed by atoms with E-state index in [0.717, 1.165) is 42.4 Å². The van der Waals surface area contributed by atoms with Gasteiger partial charge in [-0.2, -0.15) is 4.37 Å². The zero-order valence-electron chi connectivity index (χ0n) is 12.7. The number of aryl methyl sites for hydroxylation is 1. The lowest BCUT2D eigenvalue weighted by molar-refractivity contribution is 0.210. The second-order valence-electron chi connectivity index (χ2n) is 5.66. The second-order valence-corrected chi connectivity index (χ2v) is 7.27. The van der Waals surface area contributed by atoms with E-state index in [2.05, 4.69) is 38.4 Å². The number of nitrogens with two attached hydrogens (primary N) is 1. The third kappa shape index (κ3) is 2.90. The number of aromatic nitrogens is 2. The molecule has 0 bridgehead atoms. The topological polar surface area (TPSA) is 58.3 Å². The number of thiazole rings is 1. The third-order valence-electron chi connectivity index (χ3n) is 3.87. The molecule has 2 N–H and O–H groups in total. The molecule has 0 amide bonds. The van der Waals surface area contributed by atoms with Crippen molar-refractivity contribution in [3.63, 3.8) is 0 Å². The minimum absolute atomic E-state index is 0.607. The van der Waals surface area contributed by atoms with Gasteiger partial charge in [0.15, 0.2) is 0 Å². The predicted octanol–water partition coefficient (Wildman–Crippen LogP) is 2.69. The Kier molecular flexibility index (Phi) is 4.14. The zero-order chi connectivity index (χ0) is 15.0. The Hall–Kier alpha value is -1.18. The summed E-state index contributed by atoms with van der Waals surface area (Å²) in [5.41, 5.74) is 8.16. The molecule has 1 aliphatic heterocycles. The van der Waals surface area contributed by atoms with Gasteiger partial charge < -0.3 is 10.6 Å². The maximum atomic E-state index is 6.09. The second kappa shape index (κ2) is 5.90. The minimum atomic E-state index is 0.607. The predicted molar refractivity (Wildman–Crippen MR) is 91.3 cm³/mol. The van der Waals surface area contributed by atoms with Crippen molar-refractivity contribution in [1.29, 1.82) is 0 Å². The van der Waals surface area contributed by atoms with Crippen LogP contribution in [0.15, 0.2) is 5.38 Å². The molecule has 2 aromatic rings. The molecule has 3 rings (SSSR count). The first-order valence-electron chi connectivity index (χ1n) is 7.23. The Morgan fingerprint density at radius 2 is 1.95 bits per heavy atom. The van der Waals surface area contributed by atoms with Gasteiger partial charge in [-0.15, -0.1) is 11.3 Å². The van der Waals surface area contributed by atoms with E-state index < -0.39 is 0 Å². The van der Waals surface area contributed by atoms with Crippen LogP contribution in [0.1, 0.15) is 19.5 Å². The molecular weight excluding hydrogens is 302 g/mol. The van der Waals surface area contributed by atoms with Crippen molar-refractivity contribution in [3.05, 3.63) is 11.1 Å². The van der Waals surface area contributed by atoms with Gasteiger partial charge in [-0.1, -0.05) is 0 Å². The molecule has 0 spiro atoms. The van der Waals surface area contributed by atoms with Crippen LogP contribution in [-0.4, -0.2) is 46.5 Å². The molecule has 3 heterocycles. The van der Waals surface area contributed by atoms with E-state index in [1.165, 1.54) is 16.5 Å². The normalized spacial score (nSPS) is 16.9. The molecule has 21 heavy (non-hydrogen) atoms. The molecule has 0 atom stereocenters. The van der Waals surface area contributed by atoms with Crippen LogP contribution < -0.4 is 10.6 Å². The fourth-order valence-corrected chi connectivity index (χ4v) is 4.40. The molecule has 0 saturated carbocycles. The molecule has 0 aromatic carbocycles. The van der Waals surface area contributed by atoms with Crippen LogP contribution >= 0.6 is 22.9 Å². The van der Waals surface area contributed by atoms with E-state index in [-0.39, 0.29) is 0 Å². The molecule has 0 unspecified atom stereocenters. The number of anilines is 2. The average Bonchev–Trinajstić information content (AvgIpc) is 3.04. The highest BCUT2D eigenvalue weighted by molar-refractivity contribution is 7.15. The lowest BCUT2D eigenvalue weighted by atomic mass is 10.2. The summed E-state index contributed by atoms with van der Waals surface area (Å²) in [4.78, 5) is 9.49. The molecule has 1 saturated heterocycles. The van der Waals surface area contributed by atoms with E-state index in [4.69, 9.17) is 5.73 Å². The van der Waals surface area contributed by atoms with Crippen molar-refractivity contribution in [2.45, 2.75) is 26.8 Å². The summed E-state index contributed by atoms with van der Waals surface area (Å²) in [5, 5.41) is 4.22. The van der Waals surface area contributed by atoms with Crippen molar-refractivity contribution in [2.75, 3.05) is 36.8 Å². The first-order chi connectivity index (χ1) is 10.1. The molecule has 2 aromatic heterocycles. The highest BCUT2D eigenvalue weighted by Crippen LogP contribution is 2.40. The summed E-state index contributed by atoms with van der Waals surface area (Å²) in [6, 6.07) is 0.611. The number of piperazine rings is 1. The molecule has 1 fully saturated rings. The lowest BCUT2D eigenvalue weighted by Crippen LogP contribution is -2.48. The summed E-state index contributed by atoms with van der Waals surface area (Å²) in [7, 11) is 0. The highest BCUT2D eigenvalue weighted by atomic mass is 32.1. The summed E-state index contributed by atoms with van der Waals surface area (Å²) in [5.74, 6) is 0.607. The molecule has 114 valence electrons. The van der Waals surface area contributed by atoms with E-state index in [1.807, 2.05) is 6.92 Å². The fraction of sp³-hybridized carbons (Fsp3) is 0.571. The first-order valence-corrected chi connectivity index (χ1v) is 8.88. The number of hydrogen-bond donors (Lipinski definition) is 1. The van der Waals surface area contributed by atoms with Crippen molar-refractivity contribution in [3.8, 4) is 10.6 Å². The summed E-state index contributed by atoms with van der Waals surface area (Å²) >= 11 is 3.14. The van der Waals surface area contributed by atoms with Crippen LogP contribution in [0.4, 0.5) is 10.8 Å². The Labute approximate surface area is 133 Å². The van der Waals surface area contributed by atoms with Gasteiger partial charge in [-0.25, -0.2) is 4.98 Å². The molecule has 0 aliphatic carbocycles. The maximum Gasteiger partial charge on any atom is 0.149 e. The van der Waals surface area contributed by atoms with E-state index in [9.17, 15) is 0 Å². The number of hydrogen-bond acceptors (Lipinski definition) is 7. The van der Waals surface area contributed by atoms with Crippen LogP contribution in [0.2, 0.25) is 0 Å². The van der Waals surface area contributed by atoms with Gasteiger partial charge in [-0.05, 0) is 32.3 Å². The van der Waals surface area contributed by atoms with Gasteiger partial charge in [0.2, 0.25) is 0 Å². The minimum Gasteiger partial charge on any atom is -0.382 e. The SMILES string of the molecule is Cc1csc(-c2c(N)nsc2N2CCN(C(C)C)CC2)n1. The van der Waals surface area contributed by atoms with Crippen molar-refractivity contribution < 1.29 is 0 Å². The van der Waals surface area contributed by atoms with Gasteiger partial charge in [0.05, 0.1) is 5.56 Å². The van der Waals surface area contributed by atoms with Crippen molar-refractivity contribution >= 4 is 33.7 Å². The van der Waals surface area contributed by atoms with Gasteiger partial charge in [0.25, 0.3) is 0 Å². The van der Waals surface area contributed by atoms with Gasteiger partial charge >= 0.3 is 0 Å². The van der Waals surface area contributed by atoms with Crippen molar-refractivity contribution in [2.24, 2.45) is 0 Å². The summed E-state index contributed by atoms with van der Waals surface area (Å²) in [6.45, 7) is 10.7. The van der Waals surface area contributed by atoms with Gasteiger partial charge in [0.1, 0.15) is 15.8 Å². The average molecular weight is 323 g/mol. The van der Waals surface area contributed by atoms with Gasteiger partial charge in [0, 0.05) is 43.3 Å². The zero-order valence-corrected chi connectivity index (χ0v) is 14.3. The number of rotatable bonds is 3. The molecule has 1 aliphatic rings. The Morgan fingerprint density at radius 1 is 1.24 bits per heavy atom. The van der Waals surface area contributed by atoms with Crippen molar-refractivity contribution in [1.82, 2.24) is 14.3 Å². The van der Waals surface area contributed by atoms with Gasteiger partial charge in [-0.3, -0.25) is 4.90 Å².